The first-order valence-electron chi connectivity index (χ1n) is 4.60. The van der Waals surface area contributed by atoms with Gasteiger partial charge in [-0.3, -0.25) is 0 Å². The highest BCUT2D eigenvalue weighted by atomic mass is 35.5. The van der Waals surface area contributed by atoms with Crippen LogP contribution in [0.1, 0.15) is 22.8 Å². The van der Waals surface area contributed by atoms with Gasteiger partial charge in [-0.15, -0.1) is 11.6 Å². The van der Waals surface area contributed by atoms with Crippen LogP contribution >= 0.6 is 11.6 Å². The van der Waals surface area contributed by atoms with Crippen LogP contribution < -0.4 is 0 Å². The number of carbonyl (C=O) groups excluding carboxylic acids is 1. The second-order valence-electron chi connectivity index (χ2n) is 2.82. The van der Waals surface area contributed by atoms with Crippen molar-refractivity contribution in [2.75, 3.05) is 12.5 Å². The van der Waals surface area contributed by atoms with Gasteiger partial charge in [0.25, 0.3) is 0 Å². The van der Waals surface area contributed by atoms with Gasteiger partial charge < -0.3 is 4.74 Å². The van der Waals surface area contributed by atoms with Crippen LogP contribution in [0, 0.1) is 0 Å². The lowest BCUT2D eigenvalue weighted by Crippen LogP contribution is -2.08. The highest BCUT2D eigenvalue weighted by molar-refractivity contribution is 6.18. The lowest BCUT2D eigenvalue weighted by molar-refractivity contribution is 0.0525. The molecule has 0 saturated heterocycles. The Labute approximate surface area is 88.8 Å². The van der Waals surface area contributed by atoms with E-state index < -0.39 is 0 Å². The Morgan fingerprint density at radius 2 is 2.14 bits per heavy atom. The summed E-state index contributed by atoms with van der Waals surface area (Å²) in [5, 5.41) is 0. The fraction of sp³-hybridized carbons (Fsp3) is 0.364. The number of alkyl halides is 1. The average molecular weight is 213 g/mol. The maximum absolute atomic E-state index is 11.5. The Balaban J connectivity index is 2.88. The van der Waals surface area contributed by atoms with Gasteiger partial charge in [-0.1, -0.05) is 18.2 Å². The van der Waals surface area contributed by atoms with E-state index in [1.54, 1.807) is 13.0 Å². The summed E-state index contributed by atoms with van der Waals surface area (Å²) in [5.41, 5.74) is 1.57. The number of benzene rings is 1. The van der Waals surface area contributed by atoms with Gasteiger partial charge in [0.15, 0.2) is 0 Å². The largest absolute Gasteiger partial charge is 0.462 e. The zero-order valence-electron chi connectivity index (χ0n) is 8.13. The molecule has 0 aliphatic heterocycles. The second-order valence-corrected chi connectivity index (χ2v) is 3.19. The molecule has 76 valence electrons. The molecule has 0 aromatic heterocycles. The van der Waals surface area contributed by atoms with Crippen molar-refractivity contribution in [1.29, 1.82) is 0 Å². The van der Waals surface area contributed by atoms with Crippen LogP contribution in [0.15, 0.2) is 24.3 Å². The summed E-state index contributed by atoms with van der Waals surface area (Å²) in [6, 6.07) is 7.38. The highest BCUT2D eigenvalue weighted by Gasteiger charge is 2.10. The number of hydrogen-bond donors (Lipinski definition) is 0. The van der Waals surface area contributed by atoms with Crippen molar-refractivity contribution in [3.05, 3.63) is 35.4 Å². The van der Waals surface area contributed by atoms with Crippen LogP contribution in [0.3, 0.4) is 0 Å². The molecular weight excluding hydrogens is 200 g/mol. The zero-order valence-corrected chi connectivity index (χ0v) is 8.88. The van der Waals surface area contributed by atoms with Gasteiger partial charge >= 0.3 is 5.97 Å². The van der Waals surface area contributed by atoms with Crippen LogP contribution in [-0.4, -0.2) is 18.5 Å². The molecule has 1 rings (SSSR count). The predicted octanol–water partition coefficient (Wildman–Crippen LogP) is 2.64. The lowest BCUT2D eigenvalue weighted by atomic mass is 10.1. The summed E-state index contributed by atoms with van der Waals surface area (Å²) in [6.45, 7) is 2.19. The fourth-order valence-corrected chi connectivity index (χ4v) is 1.45. The van der Waals surface area contributed by atoms with Gasteiger partial charge in [0, 0.05) is 5.88 Å². The molecular formula is C11H13ClO2. The monoisotopic (exact) mass is 212 g/mol. The summed E-state index contributed by atoms with van der Waals surface area (Å²) in [4.78, 5) is 11.5. The molecule has 0 saturated carbocycles. The third-order valence-corrected chi connectivity index (χ3v) is 2.07. The molecule has 0 bridgehead atoms. The number of rotatable bonds is 4. The number of aryl methyl sites for hydroxylation is 1. The number of halogens is 1. The van der Waals surface area contributed by atoms with E-state index in [0.29, 0.717) is 24.5 Å². The van der Waals surface area contributed by atoms with Crippen molar-refractivity contribution in [3.63, 3.8) is 0 Å². The molecule has 0 aliphatic rings. The molecule has 14 heavy (non-hydrogen) atoms. The quantitative estimate of drug-likeness (QED) is 0.567. The lowest BCUT2D eigenvalue weighted by Gasteiger charge is -2.06. The third-order valence-electron chi connectivity index (χ3n) is 1.88. The van der Waals surface area contributed by atoms with E-state index in [1.165, 1.54) is 0 Å². The van der Waals surface area contributed by atoms with Crippen LogP contribution in [0.25, 0.3) is 0 Å². The maximum atomic E-state index is 11.5. The van der Waals surface area contributed by atoms with Gasteiger partial charge in [-0.2, -0.15) is 0 Å². The molecule has 1 aromatic carbocycles. The number of hydrogen-bond acceptors (Lipinski definition) is 2. The zero-order chi connectivity index (χ0) is 10.4. The van der Waals surface area contributed by atoms with Crippen molar-refractivity contribution in [1.82, 2.24) is 0 Å². The SMILES string of the molecule is CCOC(=O)c1ccccc1CCCl. The topological polar surface area (TPSA) is 26.3 Å². The summed E-state index contributed by atoms with van der Waals surface area (Å²) in [6.07, 6.45) is 0.691. The van der Waals surface area contributed by atoms with E-state index in [0.717, 1.165) is 5.56 Å². The smallest absolute Gasteiger partial charge is 0.338 e. The third kappa shape index (κ3) is 2.74. The van der Waals surface area contributed by atoms with Crippen molar-refractivity contribution in [2.24, 2.45) is 0 Å². The first kappa shape index (κ1) is 11.1. The molecule has 0 radical (unpaired) electrons. The summed E-state index contributed by atoms with van der Waals surface area (Å²) in [7, 11) is 0. The molecule has 0 spiro atoms. The minimum absolute atomic E-state index is 0.270. The van der Waals surface area contributed by atoms with Gasteiger partial charge in [0.2, 0.25) is 0 Å². The standard InChI is InChI=1S/C11H13ClO2/c1-2-14-11(13)10-6-4-3-5-9(10)7-8-12/h3-6H,2,7-8H2,1H3. The maximum Gasteiger partial charge on any atom is 0.338 e. The van der Waals surface area contributed by atoms with E-state index >= 15 is 0 Å². The fourth-order valence-electron chi connectivity index (χ4n) is 1.25. The minimum atomic E-state index is -0.270. The molecule has 0 N–H and O–H groups in total. The van der Waals surface area contributed by atoms with Crippen molar-refractivity contribution < 1.29 is 9.53 Å². The van der Waals surface area contributed by atoms with E-state index in [-0.39, 0.29) is 5.97 Å². The molecule has 0 unspecified atom stereocenters. The van der Waals surface area contributed by atoms with Gasteiger partial charge in [0.05, 0.1) is 12.2 Å². The Kier molecular flexibility index (Phi) is 4.47. The minimum Gasteiger partial charge on any atom is -0.462 e. The Bertz CT molecular complexity index is 310. The van der Waals surface area contributed by atoms with Crippen LogP contribution in [0.5, 0.6) is 0 Å². The molecule has 0 aliphatic carbocycles. The van der Waals surface area contributed by atoms with E-state index in [1.807, 2.05) is 18.2 Å². The average Bonchev–Trinajstić information content (AvgIpc) is 2.19. The number of ether oxygens (including phenoxy) is 1. The van der Waals surface area contributed by atoms with E-state index in [4.69, 9.17) is 16.3 Å². The number of carbonyl (C=O) groups is 1. The van der Waals surface area contributed by atoms with Crippen molar-refractivity contribution >= 4 is 17.6 Å². The first-order chi connectivity index (χ1) is 6.79. The van der Waals surface area contributed by atoms with Crippen LogP contribution in [-0.2, 0) is 11.2 Å². The van der Waals surface area contributed by atoms with Crippen molar-refractivity contribution in [2.45, 2.75) is 13.3 Å². The van der Waals surface area contributed by atoms with Crippen molar-refractivity contribution in [3.8, 4) is 0 Å². The van der Waals surface area contributed by atoms with Crippen LogP contribution in [0.2, 0.25) is 0 Å². The molecule has 3 heteroatoms. The first-order valence-corrected chi connectivity index (χ1v) is 5.14. The summed E-state index contributed by atoms with van der Waals surface area (Å²) in [5.74, 6) is 0.240. The van der Waals surface area contributed by atoms with Gasteiger partial charge in [0.1, 0.15) is 0 Å². The molecule has 0 atom stereocenters. The Morgan fingerprint density at radius 3 is 2.79 bits per heavy atom. The summed E-state index contributed by atoms with van der Waals surface area (Å²) >= 11 is 5.64. The number of esters is 1. The normalized spacial score (nSPS) is 9.86. The summed E-state index contributed by atoms with van der Waals surface area (Å²) < 4.78 is 4.93. The van der Waals surface area contributed by atoms with E-state index in [9.17, 15) is 4.79 Å². The Hall–Kier alpha value is -1.02. The Morgan fingerprint density at radius 1 is 1.43 bits per heavy atom. The van der Waals surface area contributed by atoms with Gasteiger partial charge in [-0.05, 0) is 25.0 Å². The molecule has 1 aromatic rings. The molecule has 0 amide bonds. The predicted molar refractivity (Wildman–Crippen MR) is 56.8 cm³/mol. The second kappa shape index (κ2) is 5.66. The van der Waals surface area contributed by atoms with Gasteiger partial charge in [-0.25, -0.2) is 4.79 Å². The molecule has 2 nitrogen and oxygen atoms in total. The van der Waals surface area contributed by atoms with E-state index in [2.05, 4.69) is 0 Å². The highest BCUT2D eigenvalue weighted by Crippen LogP contribution is 2.11. The molecule has 0 fully saturated rings. The molecule has 0 heterocycles. The van der Waals surface area contributed by atoms with Crippen LogP contribution in [0.4, 0.5) is 0 Å².